The maximum absolute atomic E-state index is 13.0. The van der Waals surface area contributed by atoms with E-state index in [-0.39, 0.29) is 4.90 Å². The van der Waals surface area contributed by atoms with E-state index in [1.165, 1.54) is 20.6 Å². The maximum Gasteiger partial charge on any atom is 0.205 e. The van der Waals surface area contributed by atoms with E-state index >= 15 is 0 Å². The van der Waals surface area contributed by atoms with Gasteiger partial charge in [-0.05, 0) is 47.1 Å². The molecule has 0 bridgehead atoms. The summed E-state index contributed by atoms with van der Waals surface area (Å²) in [7, 11) is -0.671. The lowest BCUT2D eigenvalue weighted by Gasteiger charge is -2.20. The summed E-state index contributed by atoms with van der Waals surface area (Å²) >= 11 is 3.40. The summed E-state index contributed by atoms with van der Waals surface area (Å²) < 4.78 is 42.9. The van der Waals surface area contributed by atoms with E-state index in [4.69, 9.17) is 14.2 Å². The van der Waals surface area contributed by atoms with Crippen LogP contribution in [-0.4, -0.2) is 34.4 Å². The number of methoxy groups -OCH3 is 2. The number of nitrogens with zero attached hydrogens (tertiary/aromatic N) is 1. The van der Waals surface area contributed by atoms with Crippen LogP contribution < -0.4 is 9.47 Å². The van der Waals surface area contributed by atoms with Gasteiger partial charge >= 0.3 is 0 Å². The van der Waals surface area contributed by atoms with Crippen molar-refractivity contribution >= 4 is 32.2 Å². The standard InChI is InChI=1S/C18H18BrNO5S/c1-11-4-6-13(7-5-11)26(21,22)18-17(25-10-20-18)12-8-14(23-2)16(19)15(9-12)24-3/h4-10,17-18H,1-3H3. The molecule has 1 aliphatic heterocycles. The van der Waals surface area contributed by atoms with Crippen LogP contribution in [0.25, 0.3) is 0 Å². The molecule has 2 aromatic rings. The summed E-state index contributed by atoms with van der Waals surface area (Å²) in [5, 5.41) is -1.08. The Labute approximate surface area is 160 Å². The van der Waals surface area contributed by atoms with E-state index in [0.29, 0.717) is 21.5 Å². The Kier molecular flexibility index (Phi) is 5.24. The molecule has 0 saturated carbocycles. The molecule has 138 valence electrons. The molecule has 0 aromatic heterocycles. The molecule has 0 spiro atoms. The second-order valence-electron chi connectivity index (χ2n) is 5.80. The van der Waals surface area contributed by atoms with Crippen molar-refractivity contribution in [1.82, 2.24) is 0 Å². The van der Waals surface area contributed by atoms with Gasteiger partial charge in [0.15, 0.2) is 17.9 Å². The fraction of sp³-hybridized carbons (Fsp3) is 0.278. The zero-order chi connectivity index (χ0) is 18.9. The number of sulfone groups is 1. The van der Waals surface area contributed by atoms with Gasteiger partial charge in [0, 0.05) is 5.56 Å². The Morgan fingerprint density at radius 2 is 1.65 bits per heavy atom. The zero-order valence-corrected chi connectivity index (χ0v) is 16.9. The van der Waals surface area contributed by atoms with Crippen LogP contribution in [0.3, 0.4) is 0 Å². The number of ether oxygens (including phenoxy) is 3. The van der Waals surface area contributed by atoms with Gasteiger partial charge in [-0.2, -0.15) is 0 Å². The van der Waals surface area contributed by atoms with Crippen LogP contribution >= 0.6 is 15.9 Å². The van der Waals surface area contributed by atoms with Gasteiger partial charge in [0.05, 0.1) is 19.1 Å². The number of halogens is 1. The van der Waals surface area contributed by atoms with Crippen molar-refractivity contribution in [1.29, 1.82) is 0 Å². The number of hydrogen-bond acceptors (Lipinski definition) is 6. The van der Waals surface area contributed by atoms with Gasteiger partial charge in [0.2, 0.25) is 9.84 Å². The van der Waals surface area contributed by atoms with Gasteiger partial charge in [-0.25, -0.2) is 13.4 Å². The Morgan fingerprint density at radius 1 is 1.08 bits per heavy atom. The predicted molar refractivity (Wildman–Crippen MR) is 102 cm³/mol. The van der Waals surface area contributed by atoms with Gasteiger partial charge in [-0.1, -0.05) is 17.7 Å². The van der Waals surface area contributed by atoms with E-state index in [1.807, 2.05) is 6.92 Å². The Hall–Kier alpha value is -2.06. The van der Waals surface area contributed by atoms with Crippen LogP contribution in [0.1, 0.15) is 17.2 Å². The topological polar surface area (TPSA) is 74.2 Å². The Morgan fingerprint density at radius 3 is 2.19 bits per heavy atom. The summed E-state index contributed by atoms with van der Waals surface area (Å²) in [6, 6.07) is 10.1. The molecule has 0 amide bonds. The number of aliphatic imine (C=N–C) groups is 1. The molecule has 0 N–H and O–H groups in total. The van der Waals surface area contributed by atoms with E-state index in [2.05, 4.69) is 20.9 Å². The van der Waals surface area contributed by atoms with E-state index in [9.17, 15) is 8.42 Å². The second-order valence-corrected chi connectivity index (χ2v) is 8.64. The van der Waals surface area contributed by atoms with Gasteiger partial charge in [-0.15, -0.1) is 0 Å². The highest BCUT2D eigenvalue weighted by Crippen LogP contribution is 2.41. The highest BCUT2D eigenvalue weighted by molar-refractivity contribution is 9.10. The average Bonchev–Trinajstić information content (AvgIpc) is 3.13. The summed E-state index contributed by atoms with van der Waals surface area (Å²) in [5.41, 5.74) is 1.58. The van der Waals surface area contributed by atoms with Crippen molar-refractivity contribution in [2.24, 2.45) is 4.99 Å². The molecule has 2 unspecified atom stereocenters. The Bertz CT molecular complexity index is 916. The third-order valence-corrected chi connectivity index (χ3v) is 6.85. The molecule has 0 saturated heterocycles. The van der Waals surface area contributed by atoms with Crippen molar-refractivity contribution in [2.75, 3.05) is 14.2 Å². The molecule has 0 radical (unpaired) electrons. The minimum Gasteiger partial charge on any atom is -0.495 e. The Balaban J connectivity index is 2.03. The number of rotatable bonds is 5. The summed E-state index contributed by atoms with van der Waals surface area (Å²) in [6.07, 6.45) is 0.388. The quantitative estimate of drug-likeness (QED) is 0.710. The first kappa shape index (κ1) is 18.7. The van der Waals surface area contributed by atoms with Crippen molar-refractivity contribution < 1.29 is 22.6 Å². The number of aryl methyl sites for hydroxylation is 1. The summed E-state index contributed by atoms with van der Waals surface area (Å²) in [5.74, 6) is 1.03. The molecule has 0 aliphatic carbocycles. The van der Waals surface area contributed by atoms with E-state index < -0.39 is 21.3 Å². The molecule has 1 aliphatic rings. The third-order valence-electron chi connectivity index (χ3n) is 4.14. The molecule has 2 atom stereocenters. The number of benzene rings is 2. The minimum atomic E-state index is -3.72. The fourth-order valence-electron chi connectivity index (χ4n) is 2.71. The number of hydrogen-bond donors (Lipinski definition) is 0. The highest BCUT2D eigenvalue weighted by Gasteiger charge is 2.40. The molecule has 1 heterocycles. The first-order valence-electron chi connectivity index (χ1n) is 7.77. The van der Waals surface area contributed by atoms with E-state index in [0.717, 1.165) is 5.56 Å². The summed E-state index contributed by atoms with van der Waals surface area (Å²) in [4.78, 5) is 4.27. The molecule has 6 nitrogen and oxygen atoms in total. The normalized spacial score (nSPS) is 19.2. The SMILES string of the molecule is COc1cc(C2OC=NC2S(=O)(=O)c2ccc(C)cc2)cc(OC)c1Br. The van der Waals surface area contributed by atoms with Crippen LogP contribution in [0.15, 0.2) is 50.8 Å². The van der Waals surface area contributed by atoms with Crippen molar-refractivity contribution in [3.8, 4) is 11.5 Å². The molecule has 0 fully saturated rings. The van der Waals surface area contributed by atoms with Crippen LogP contribution in [0.5, 0.6) is 11.5 Å². The molecular formula is C18H18BrNO5S. The van der Waals surface area contributed by atoms with Crippen LogP contribution in [0, 0.1) is 6.92 Å². The van der Waals surface area contributed by atoms with Gasteiger partial charge in [0.1, 0.15) is 16.0 Å². The minimum absolute atomic E-state index is 0.205. The largest absolute Gasteiger partial charge is 0.495 e. The molecule has 3 rings (SSSR count). The van der Waals surface area contributed by atoms with Crippen molar-refractivity contribution in [2.45, 2.75) is 23.3 Å². The van der Waals surface area contributed by atoms with Crippen LogP contribution in [-0.2, 0) is 14.6 Å². The zero-order valence-electron chi connectivity index (χ0n) is 14.5. The summed E-state index contributed by atoms with van der Waals surface area (Å²) in [6.45, 7) is 1.90. The lowest BCUT2D eigenvalue weighted by atomic mass is 10.1. The highest BCUT2D eigenvalue weighted by atomic mass is 79.9. The van der Waals surface area contributed by atoms with Gasteiger partial charge in [-0.3, -0.25) is 0 Å². The van der Waals surface area contributed by atoms with E-state index in [1.54, 1.807) is 36.4 Å². The second kappa shape index (κ2) is 7.28. The lowest BCUT2D eigenvalue weighted by Crippen LogP contribution is -2.24. The first-order valence-corrected chi connectivity index (χ1v) is 10.1. The van der Waals surface area contributed by atoms with Gasteiger partial charge in [0.25, 0.3) is 0 Å². The average molecular weight is 440 g/mol. The monoisotopic (exact) mass is 439 g/mol. The molecular weight excluding hydrogens is 422 g/mol. The fourth-order valence-corrected chi connectivity index (χ4v) is 4.82. The van der Waals surface area contributed by atoms with Crippen LogP contribution in [0.4, 0.5) is 0 Å². The predicted octanol–water partition coefficient (Wildman–Crippen LogP) is 3.67. The molecule has 26 heavy (non-hydrogen) atoms. The molecule has 2 aromatic carbocycles. The molecule has 8 heteroatoms. The lowest BCUT2D eigenvalue weighted by molar-refractivity contribution is 0.226. The van der Waals surface area contributed by atoms with Crippen molar-refractivity contribution in [3.63, 3.8) is 0 Å². The first-order chi connectivity index (χ1) is 12.4. The van der Waals surface area contributed by atoms with Crippen LogP contribution in [0.2, 0.25) is 0 Å². The smallest absolute Gasteiger partial charge is 0.205 e. The van der Waals surface area contributed by atoms with Gasteiger partial charge < -0.3 is 14.2 Å². The van der Waals surface area contributed by atoms with Crippen molar-refractivity contribution in [3.05, 3.63) is 52.0 Å². The maximum atomic E-state index is 13.0. The third kappa shape index (κ3) is 3.31.